The molecule has 0 spiro atoms. The van der Waals surface area contributed by atoms with E-state index in [2.05, 4.69) is 20.2 Å². The van der Waals surface area contributed by atoms with Crippen LogP contribution in [0.5, 0.6) is 5.75 Å². The Hall–Kier alpha value is -2.57. The Morgan fingerprint density at radius 2 is 2.16 bits per heavy atom. The van der Waals surface area contributed by atoms with E-state index < -0.39 is 0 Å². The quantitative estimate of drug-likeness (QED) is 0.634. The molecule has 3 heterocycles. The summed E-state index contributed by atoms with van der Waals surface area (Å²) in [5.41, 5.74) is 3.60. The number of methoxy groups -OCH3 is 1. The fraction of sp³-hybridized carbons (Fsp3) is 0.111. The molecule has 0 N–H and O–H groups in total. The molecule has 1 aliphatic heterocycles. The lowest BCUT2D eigenvalue weighted by Crippen LogP contribution is -2.06. The van der Waals surface area contributed by atoms with Crippen LogP contribution in [-0.4, -0.2) is 17.1 Å². The second kappa shape index (κ2) is 6.74. The number of hydrogen-bond acceptors (Lipinski definition) is 6. The molecule has 1 atom stereocenters. The van der Waals surface area contributed by atoms with Crippen LogP contribution in [0.1, 0.15) is 27.7 Å². The molecule has 1 aromatic carbocycles. The minimum atomic E-state index is -0.227. The molecule has 0 aliphatic carbocycles. The van der Waals surface area contributed by atoms with E-state index in [1.807, 2.05) is 35.7 Å². The van der Waals surface area contributed by atoms with Gasteiger partial charge in [-0.2, -0.15) is 10.2 Å². The van der Waals surface area contributed by atoms with Crippen LogP contribution < -0.4 is 4.74 Å². The maximum atomic E-state index is 6.22. The number of azo groups is 1. The number of thiazole rings is 1. The van der Waals surface area contributed by atoms with Crippen molar-refractivity contribution in [2.24, 2.45) is 10.2 Å². The average Bonchev–Trinajstić information content (AvgIpc) is 3.17. The Bertz CT molecular complexity index is 969. The van der Waals surface area contributed by atoms with E-state index in [4.69, 9.17) is 16.3 Å². The van der Waals surface area contributed by atoms with Crippen molar-refractivity contribution in [2.75, 3.05) is 7.11 Å². The standard InChI is InChI=1S/C18H13ClN4OS/c1-24-12-2-3-13-14(9-12)17(18-21-6-7-25-18)23-22-16(13)8-11-4-5-20-10-15(11)19/h2-10,17H,1H3. The third kappa shape index (κ3) is 3.06. The lowest BCUT2D eigenvalue weighted by Gasteiger charge is -2.20. The predicted molar refractivity (Wildman–Crippen MR) is 98.9 cm³/mol. The van der Waals surface area contributed by atoms with Gasteiger partial charge in [0.15, 0.2) is 0 Å². The molecule has 0 fully saturated rings. The topological polar surface area (TPSA) is 59.7 Å². The molecule has 4 rings (SSSR count). The van der Waals surface area contributed by atoms with E-state index in [1.165, 1.54) is 0 Å². The molecule has 3 aromatic rings. The average molecular weight is 369 g/mol. The van der Waals surface area contributed by atoms with Gasteiger partial charge in [0.1, 0.15) is 16.8 Å². The molecule has 0 bridgehead atoms. The number of ether oxygens (including phenoxy) is 1. The van der Waals surface area contributed by atoms with Crippen molar-refractivity contribution in [3.05, 3.63) is 75.0 Å². The van der Waals surface area contributed by atoms with Crippen LogP contribution in [0, 0.1) is 0 Å². The number of halogens is 1. The lowest BCUT2D eigenvalue weighted by atomic mass is 9.96. The van der Waals surface area contributed by atoms with Gasteiger partial charge in [-0.1, -0.05) is 11.6 Å². The summed E-state index contributed by atoms with van der Waals surface area (Å²) in [5.74, 6) is 0.777. The largest absolute Gasteiger partial charge is 0.497 e. The second-order valence-electron chi connectivity index (χ2n) is 5.37. The number of hydrogen-bond donors (Lipinski definition) is 0. The van der Waals surface area contributed by atoms with Crippen molar-refractivity contribution >= 4 is 34.7 Å². The Labute approximate surface area is 153 Å². The van der Waals surface area contributed by atoms with Crippen molar-refractivity contribution in [1.82, 2.24) is 9.97 Å². The number of benzene rings is 1. The highest BCUT2D eigenvalue weighted by Crippen LogP contribution is 2.40. The lowest BCUT2D eigenvalue weighted by molar-refractivity contribution is 0.414. The minimum Gasteiger partial charge on any atom is -0.497 e. The smallest absolute Gasteiger partial charge is 0.148 e. The van der Waals surface area contributed by atoms with E-state index in [1.54, 1.807) is 37.0 Å². The SMILES string of the molecule is COc1ccc2c(c1)C(c1nccs1)N=NC2=Cc1ccncc1Cl. The summed E-state index contributed by atoms with van der Waals surface area (Å²) in [5, 5.41) is 12.3. The molecule has 5 nitrogen and oxygen atoms in total. The number of rotatable bonds is 3. The normalized spacial score (nSPS) is 17.5. The summed E-state index contributed by atoms with van der Waals surface area (Å²) in [6.45, 7) is 0. The fourth-order valence-electron chi connectivity index (χ4n) is 2.67. The van der Waals surface area contributed by atoms with Crippen LogP contribution >= 0.6 is 22.9 Å². The molecule has 0 saturated carbocycles. The Morgan fingerprint density at radius 1 is 1.24 bits per heavy atom. The molecule has 0 radical (unpaired) electrons. The number of aromatic nitrogens is 2. The zero-order chi connectivity index (χ0) is 17.2. The molecule has 2 aromatic heterocycles. The third-order valence-electron chi connectivity index (χ3n) is 3.89. The summed E-state index contributed by atoms with van der Waals surface area (Å²) in [6, 6.07) is 7.52. The molecular formula is C18H13ClN4OS. The predicted octanol–water partition coefficient (Wildman–Crippen LogP) is 5.25. The molecule has 1 unspecified atom stereocenters. The van der Waals surface area contributed by atoms with E-state index >= 15 is 0 Å². The summed E-state index contributed by atoms with van der Waals surface area (Å²) < 4.78 is 5.38. The van der Waals surface area contributed by atoms with Crippen molar-refractivity contribution in [3.63, 3.8) is 0 Å². The highest BCUT2D eigenvalue weighted by Gasteiger charge is 2.26. The molecular weight excluding hydrogens is 356 g/mol. The second-order valence-corrected chi connectivity index (χ2v) is 6.70. The van der Waals surface area contributed by atoms with E-state index in [-0.39, 0.29) is 6.04 Å². The number of fused-ring (bicyclic) bond motifs is 1. The molecule has 7 heteroatoms. The van der Waals surface area contributed by atoms with Gasteiger partial charge >= 0.3 is 0 Å². The maximum Gasteiger partial charge on any atom is 0.148 e. The summed E-state index contributed by atoms with van der Waals surface area (Å²) in [4.78, 5) is 8.40. The van der Waals surface area contributed by atoms with Gasteiger partial charge in [-0.05, 0) is 41.5 Å². The van der Waals surface area contributed by atoms with E-state index in [0.29, 0.717) is 5.02 Å². The van der Waals surface area contributed by atoms with Gasteiger partial charge in [-0.3, -0.25) is 4.98 Å². The first kappa shape index (κ1) is 15.9. The van der Waals surface area contributed by atoms with Gasteiger partial charge in [0.2, 0.25) is 0 Å². The fourth-order valence-corrected chi connectivity index (χ4v) is 3.53. The zero-order valence-electron chi connectivity index (χ0n) is 13.3. The van der Waals surface area contributed by atoms with Crippen LogP contribution in [0.2, 0.25) is 5.02 Å². The first-order valence-corrected chi connectivity index (χ1v) is 8.82. The Morgan fingerprint density at radius 3 is 2.92 bits per heavy atom. The van der Waals surface area contributed by atoms with Gasteiger partial charge in [0.25, 0.3) is 0 Å². The van der Waals surface area contributed by atoms with Crippen LogP contribution in [0.25, 0.3) is 11.8 Å². The van der Waals surface area contributed by atoms with Crippen LogP contribution in [0.15, 0.2) is 58.5 Å². The van der Waals surface area contributed by atoms with Crippen molar-refractivity contribution in [2.45, 2.75) is 6.04 Å². The summed E-state index contributed by atoms with van der Waals surface area (Å²) in [7, 11) is 1.65. The van der Waals surface area contributed by atoms with Crippen LogP contribution in [0.4, 0.5) is 0 Å². The van der Waals surface area contributed by atoms with Crippen molar-refractivity contribution in [3.8, 4) is 5.75 Å². The van der Waals surface area contributed by atoms with Crippen molar-refractivity contribution < 1.29 is 4.74 Å². The Balaban J connectivity index is 1.85. The molecule has 0 saturated heterocycles. The van der Waals surface area contributed by atoms with E-state index in [9.17, 15) is 0 Å². The maximum absolute atomic E-state index is 6.22. The number of nitrogens with zero attached hydrogens (tertiary/aromatic N) is 4. The number of pyridine rings is 1. The molecule has 25 heavy (non-hydrogen) atoms. The third-order valence-corrected chi connectivity index (χ3v) is 5.04. The van der Waals surface area contributed by atoms with Gasteiger partial charge in [0.05, 0.1) is 17.8 Å². The molecule has 0 amide bonds. The minimum absolute atomic E-state index is 0.227. The van der Waals surface area contributed by atoms with Gasteiger partial charge in [-0.15, -0.1) is 11.3 Å². The highest BCUT2D eigenvalue weighted by atomic mass is 35.5. The monoisotopic (exact) mass is 368 g/mol. The van der Waals surface area contributed by atoms with Gasteiger partial charge < -0.3 is 4.74 Å². The van der Waals surface area contributed by atoms with Crippen LogP contribution in [-0.2, 0) is 0 Å². The van der Waals surface area contributed by atoms with Gasteiger partial charge in [0, 0.05) is 29.5 Å². The van der Waals surface area contributed by atoms with Gasteiger partial charge in [-0.25, -0.2) is 4.98 Å². The highest BCUT2D eigenvalue weighted by molar-refractivity contribution is 7.09. The Kier molecular flexibility index (Phi) is 4.29. The summed E-state index contributed by atoms with van der Waals surface area (Å²) in [6.07, 6.45) is 7.00. The van der Waals surface area contributed by atoms with Crippen LogP contribution in [0.3, 0.4) is 0 Å². The molecule has 1 aliphatic rings. The molecule has 124 valence electrons. The first-order valence-electron chi connectivity index (χ1n) is 7.56. The summed E-state index contributed by atoms with van der Waals surface area (Å²) >= 11 is 7.78. The zero-order valence-corrected chi connectivity index (χ0v) is 14.8. The van der Waals surface area contributed by atoms with Crippen molar-refractivity contribution in [1.29, 1.82) is 0 Å². The first-order chi connectivity index (χ1) is 12.3. The van der Waals surface area contributed by atoms with E-state index in [0.717, 1.165) is 33.1 Å².